The molecule has 1 aliphatic rings. The van der Waals surface area contributed by atoms with Gasteiger partial charge in [0.05, 0.1) is 11.0 Å². The van der Waals surface area contributed by atoms with Gasteiger partial charge in [-0.05, 0) is 85.6 Å². The molecule has 7 aromatic carbocycles. The zero-order valence-electron chi connectivity index (χ0n) is 24.9. The van der Waals surface area contributed by atoms with E-state index >= 15 is 0 Å². The Morgan fingerprint density at radius 3 is 1.77 bits per heavy atom. The number of hydrogen-bond acceptors (Lipinski definition) is 0. The molecule has 8 aromatic rings. The van der Waals surface area contributed by atoms with Gasteiger partial charge in [-0.15, -0.1) is 0 Å². The Labute approximate surface area is 257 Å². The molecule has 1 nitrogen and oxygen atoms in total. The average Bonchev–Trinajstić information content (AvgIpc) is 3.54. The largest absolute Gasteiger partial charge is 0.309 e. The summed E-state index contributed by atoms with van der Waals surface area (Å²) in [5.41, 5.74) is 14.0. The van der Waals surface area contributed by atoms with Crippen molar-refractivity contribution in [3.05, 3.63) is 163 Å². The lowest BCUT2D eigenvalue weighted by Gasteiger charge is -2.21. The van der Waals surface area contributed by atoms with Crippen molar-refractivity contribution in [3.8, 4) is 39.1 Å². The summed E-state index contributed by atoms with van der Waals surface area (Å²) in [6.45, 7) is 4.72. The van der Waals surface area contributed by atoms with Crippen LogP contribution in [0.3, 0.4) is 0 Å². The number of fused-ring (bicyclic) bond motifs is 9. The van der Waals surface area contributed by atoms with Crippen molar-refractivity contribution in [2.45, 2.75) is 19.3 Å². The standard InChI is InChI=1S/C43H31N/c1-43(2)37-19-11-9-17-35(37)41-33-22-24-40-42(34(33)21-23-38(41)43)36-18-10-12-20-39(36)44(40)32-26-30(28-13-5-3-6-14-28)25-31(27-32)29-15-7-4-8-16-29/h3-27H,1-2H3. The van der Waals surface area contributed by atoms with Gasteiger partial charge in [-0.25, -0.2) is 0 Å². The Balaban J connectivity index is 1.37. The van der Waals surface area contributed by atoms with Crippen molar-refractivity contribution in [1.82, 2.24) is 4.57 Å². The van der Waals surface area contributed by atoms with Gasteiger partial charge in [-0.1, -0.05) is 135 Å². The van der Waals surface area contributed by atoms with Crippen LogP contribution in [0.4, 0.5) is 0 Å². The fraction of sp³-hybridized carbons (Fsp3) is 0.0698. The maximum absolute atomic E-state index is 2.47. The fourth-order valence-corrected chi connectivity index (χ4v) is 7.69. The highest BCUT2D eigenvalue weighted by molar-refractivity contribution is 6.24. The van der Waals surface area contributed by atoms with Gasteiger partial charge in [-0.2, -0.15) is 0 Å². The Morgan fingerprint density at radius 2 is 1.05 bits per heavy atom. The molecule has 0 aliphatic heterocycles. The van der Waals surface area contributed by atoms with Crippen molar-refractivity contribution in [2.24, 2.45) is 0 Å². The van der Waals surface area contributed by atoms with Crippen LogP contribution in [-0.4, -0.2) is 4.57 Å². The maximum atomic E-state index is 2.47. The van der Waals surface area contributed by atoms with Crippen molar-refractivity contribution in [1.29, 1.82) is 0 Å². The Bertz CT molecular complexity index is 2330. The molecule has 0 radical (unpaired) electrons. The first-order valence-corrected chi connectivity index (χ1v) is 15.5. The summed E-state index contributed by atoms with van der Waals surface area (Å²) in [4.78, 5) is 0. The van der Waals surface area contributed by atoms with E-state index < -0.39 is 0 Å². The molecule has 9 rings (SSSR count). The van der Waals surface area contributed by atoms with E-state index in [1.807, 2.05) is 0 Å². The summed E-state index contributed by atoms with van der Waals surface area (Å²) >= 11 is 0. The second kappa shape index (κ2) is 9.30. The predicted molar refractivity (Wildman–Crippen MR) is 187 cm³/mol. The Morgan fingerprint density at radius 1 is 0.432 bits per heavy atom. The summed E-state index contributed by atoms with van der Waals surface area (Å²) in [5.74, 6) is 0. The predicted octanol–water partition coefficient (Wildman–Crippen LogP) is 11.6. The highest BCUT2D eigenvalue weighted by Crippen LogP contribution is 2.52. The molecule has 1 aliphatic carbocycles. The molecule has 0 bridgehead atoms. The van der Waals surface area contributed by atoms with Crippen molar-refractivity contribution < 1.29 is 0 Å². The number of nitrogens with zero attached hydrogens (tertiary/aromatic N) is 1. The van der Waals surface area contributed by atoms with Gasteiger partial charge < -0.3 is 4.57 Å². The molecule has 1 heteroatoms. The summed E-state index contributed by atoms with van der Waals surface area (Å²) in [7, 11) is 0. The molecule has 44 heavy (non-hydrogen) atoms. The summed E-state index contributed by atoms with van der Waals surface area (Å²) in [6.07, 6.45) is 0. The van der Waals surface area contributed by atoms with Crippen LogP contribution in [0.1, 0.15) is 25.0 Å². The van der Waals surface area contributed by atoms with Gasteiger partial charge in [0.2, 0.25) is 0 Å². The molecule has 208 valence electrons. The highest BCUT2D eigenvalue weighted by Gasteiger charge is 2.36. The zero-order chi connectivity index (χ0) is 29.4. The number of benzene rings is 7. The Kier molecular flexibility index (Phi) is 5.31. The van der Waals surface area contributed by atoms with E-state index in [2.05, 4.69) is 170 Å². The van der Waals surface area contributed by atoms with Crippen LogP contribution in [0.2, 0.25) is 0 Å². The molecule has 1 heterocycles. The van der Waals surface area contributed by atoms with E-state index in [1.54, 1.807) is 0 Å². The van der Waals surface area contributed by atoms with Gasteiger partial charge in [0.15, 0.2) is 0 Å². The molecule has 0 fully saturated rings. The summed E-state index contributed by atoms with van der Waals surface area (Å²) < 4.78 is 2.47. The van der Waals surface area contributed by atoms with Crippen LogP contribution in [0.15, 0.2) is 152 Å². The van der Waals surface area contributed by atoms with Gasteiger partial charge in [0.1, 0.15) is 0 Å². The third-order valence-corrected chi connectivity index (χ3v) is 9.77. The van der Waals surface area contributed by atoms with Crippen molar-refractivity contribution >= 4 is 32.6 Å². The average molecular weight is 562 g/mol. The van der Waals surface area contributed by atoms with E-state index in [0.717, 1.165) is 0 Å². The SMILES string of the molecule is CC1(C)c2ccccc2-c2c1ccc1c2ccc2c1c1ccccc1n2-c1cc(-c2ccccc2)cc(-c2ccccc2)c1. The monoisotopic (exact) mass is 561 g/mol. The Hall–Kier alpha value is -5.40. The topological polar surface area (TPSA) is 4.93 Å². The van der Waals surface area contributed by atoms with E-state index in [0.29, 0.717) is 0 Å². The molecule has 0 spiro atoms. The molecule has 0 saturated heterocycles. The minimum Gasteiger partial charge on any atom is -0.309 e. The van der Waals surface area contributed by atoms with E-state index in [-0.39, 0.29) is 5.41 Å². The second-order valence-electron chi connectivity index (χ2n) is 12.6. The van der Waals surface area contributed by atoms with Crippen LogP contribution >= 0.6 is 0 Å². The van der Waals surface area contributed by atoms with E-state index in [9.17, 15) is 0 Å². The van der Waals surface area contributed by atoms with Gasteiger partial charge >= 0.3 is 0 Å². The summed E-state index contributed by atoms with van der Waals surface area (Å²) in [6, 6.07) is 55.8. The van der Waals surface area contributed by atoms with E-state index in [1.165, 1.54) is 82.8 Å². The first-order chi connectivity index (χ1) is 21.6. The molecule has 0 saturated carbocycles. The minimum atomic E-state index is -0.0191. The summed E-state index contributed by atoms with van der Waals surface area (Å²) in [5, 5.41) is 5.24. The van der Waals surface area contributed by atoms with Crippen LogP contribution in [0.5, 0.6) is 0 Å². The normalized spacial score (nSPS) is 13.4. The number of aromatic nitrogens is 1. The molecule has 0 amide bonds. The first kappa shape index (κ1) is 25.1. The molecule has 0 atom stereocenters. The van der Waals surface area contributed by atoms with Gasteiger partial charge in [0.25, 0.3) is 0 Å². The molecule has 1 aromatic heterocycles. The number of para-hydroxylation sites is 1. The minimum absolute atomic E-state index is 0.0191. The highest BCUT2D eigenvalue weighted by atomic mass is 15.0. The lowest BCUT2D eigenvalue weighted by atomic mass is 9.82. The molecular weight excluding hydrogens is 530 g/mol. The first-order valence-electron chi connectivity index (χ1n) is 15.5. The van der Waals surface area contributed by atoms with Gasteiger partial charge in [0, 0.05) is 21.9 Å². The number of rotatable bonds is 3. The maximum Gasteiger partial charge on any atom is 0.0547 e. The fourth-order valence-electron chi connectivity index (χ4n) is 7.69. The third kappa shape index (κ3) is 3.53. The third-order valence-electron chi connectivity index (χ3n) is 9.77. The van der Waals surface area contributed by atoms with E-state index in [4.69, 9.17) is 0 Å². The van der Waals surface area contributed by atoms with Gasteiger partial charge in [-0.3, -0.25) is 0 Å². The number of hydrogen-bond donors (Lipinski definition) is 0. The lowest BCUT2D eigenvalue weighted by Crippen LogP contribution is -2.14. The smallest absolute Gasteiger partial charge is 0.0547 e. The van der Waals surface area contributed by atoms with Crippen LogP contribution in [0.25, 0.3) is 71.6 Å². The van der Waals surface area contributed by atoms with Crippen molar-refractivity contribution in [2.75, 3.05) is 0 Å². The van der Waals surface area contributed by atoms with Crippen LogP contribution in [-0.2, 0) is 5.41 Å². The lowest BCUT2D eigenvalue weighted by molar-refractivity contribution is 0.661. The second-order valence-corrected chi connectivity index (χ2v) is 12.6. The zero-order valence-corrected chi connectivity index (χ0v) is 24.9. The molecular formula is C43H31N. The molecule has 0 unspecified atom stereocenters. The van der Waals surface area contributed by atoms with Crippen LogP contribution in [0, 0.1) is 0 Å². The molecule has 0 N–H and O–H groups in total. The van der Waals surface area contributed by atoms with Crippen LogP contribution < -0.4 is 0 Å². The quantitative estimate of drug-likeness (QED) is 0.202. The van der Waals surface area contributed by atoms with Crippen molar-refractivity contribution in [3.63, 3.8) is 0 Å².